The highest BCUT2D eigenvalue weighted by Gasteiger charge is 2.36. The number of hydrogen-bond donors (Lipinski definition) is 1. The predicted octanol–water partition coefficient (Wildman–Crippen LogP) is 6.96. The van der Waals surface area contributed by atoms with Crippen LogP contribution in [0.4, 0.5) is 11.4 Å². The van der Waals surface area contributed by atoms with Gasteiger partial charge in [0.15, 0.2) is 5.17 Å². The van der Waals surface area contributed by atoms with Gasteiger partial charge in [-0.2, -0.15) is 0 Å². The molecule has 6 heteroatoms. The first-order valence-corrected chi connectivity index (χ1v) is 12.3. The second kappa shape index (κ2) is 8.60. The summed E-state index contributed by atoms with van der Waals surface area (Å²) in [5, 5.41) is 4.13. The number of benzene rings is 2. The van der Waals surface area contributed by atoms with Crippen LogP contribution in [0, 0.1) is 13.8 Å². The lowest BCUT2D eigenvalue weighted by molar-refractivity contribution is -0.115. The van der Waals surface area contributed by atoms with Gasteiger partial charge in [-0.15, -0.1) is 0 Å². The minimum absolute atomic E-state index is 0.0887. The van der Waals surface area contributed by atoms with Crippen molar-refractivity contribution < 1.29 is 4.79 Å². The lowest BCUT2D eigenvalue weighted by atomic mass is 9.79. The molecule has 0 saturated carbocycles. The molecule has 0 radical (unpaired) electrons. The summed E-state index contributed by atoms with van der Waals surface area (Å²) in [6.07, 6.45) is 2.96. The summed E-state index contributed by atoms with van der Waals surface area (Å²) in [7, 11) is 0. The molecule has 0 aromatic heterocycles. The summed E-state index contributed by atoms with van der Waals surface area (Å²) in [6, 6.07) is 10.2. The molecule has 2 heterocycles. The molecule has 1 amide bonds. The fourth-order valence-electron chi connectivity index (χ4n) is 4.76. The summed E-state index contributed by atoms with van der Waals surface area (Å²) in [5.41, 5.74) is 6.68. The van der Waals surface area contributed by atoms with Crippen LogP contribution in [-0.4, -0.2) is 23.2 Å². The second-order valence-electron chi connectivity index (χ2n) is 9.34. The highest BCUT2D eigenvalue weighted by molar-refractivity contribution is 8.18. The molecule has 168 valence electrons. The number of thioether (sulfide) groups is 1. The number of carbonyl (C=O) groups is 1. The Bertz CT molecular complexity index is 1150. The summed E-state index contributed by atoms with van der Waals surface area (Å²) in [6.45, 7) is 14.1. The molecule has 1 unspecified atom stereocenters. The normalized spacial score (nSPS) is 22.4. The standard InChI is InChI=1S/C26H30ClN3OS/c1-7-30-22-13-21(27)18(11-20(22)17(4)14-26(30,5)6)12-23-24(31)29-25(32-23)28-19-9-8-15(2)16(3)10-19/h8-13,17H,7,14H2,1-6H3,(H,28,29,31)/b23-12+. The first-order valence-electron chi connectivity index (χ1n) is 11.1. The highest BCUT2D eigenvalue weighted by atomic mass is 35.5. The van der Waals surface area contributed by atoms with Gasteiger partial charge in [-0.1, -0.05) is 24.6 Å². The van der Waals surface area contributed by atoms with Crippen LogP contribution in [0.15, 0.2) is 40.2 Å². The van der Waals surface area contributed by atoms with E-state index in [-0.39, 0.29) is 11.4 Å². The van der Waals surface area contributed by atoms with Gasteiger partial charge in [0.25, 0.3) is 5.91 Å². The third-order valence-corrected chi connectivity index (χ3v) is 7.72. The van der Waals surface area contributed by atoms with Crippen molar-refractivity contribution in [1.82, 2.24) is 5.32 Å². The number of halogens is 1. The van der Waals surface area contributed by atoms with Crippen LogP contribution >= 0.6 is 23.4 Å². The Morgan fingerprint density at radius 2 is 2.00 bits per heavy atom. The number of aryl methyl sites for hydroxylation is 2. The number of aliphatic imine (C=N–C) groups is 1. The lowest BCUT2D eigenvalue weighted by Gasteiger charge is -2.47. The number of fused-ring (bicyclic) bond motifs is 1. The molecule has 2 aliphatic rings. The van der Waals surface area contributed by atoms with Crippen molar-refractivity contribution in [1.29, 1.82) is 0 Å². The van der Waals surface area contributed by atoms with Gasteiger partial charge in [0, 0.05) is 22.8 Å². The molecule has 1 saturated heterocycles. The van der Waals surface area contributed by atoms with Crippen molar-refractivity contribution in [2.75, 3.05) is 11.4 Å². The number of nitrogens with zero attached hydrogens (tertiary/aromatic N) is 2. The molecular weight excluding hydrogens is 438 g/mol. The number of amidine groups is 1. The average molecular weight is 468 g/mol. The van der Waals surface area contributed by atoms with Crippen LogP contribution in [0.25, 0.3) is 6.08 Å². The zero-order valence-electron chi connectivity index (χ0n) is 19.5. The Morgan fingerprint density at radius 1 is 1.25 bits per heavy atom. The third kappa shape index (κ3) is 4.33. The summed E-state index contributed by atoms with van der Waals surface area (Å²) in [4.78, 5) is 20.3. The summed E-state index contributed by atoms with van der Waals surface area (Å²) in [5.74, 6) is 0.278. The Kier molecular flexibility index (Phi) is 6.17. The maximum atomic E-state index is 12.6. The molecule has 1 atom stereocenters. The largest absolute Gasteiger partial charge is 0.366 e. The lowest BCUT2D eigenvalue weighted by Crippen LogP contribution is -2.48. The monoisotopic (exact) mass is 467 g/mol. The van der Waals surface area contributed by atoms with Crippen LogP contribution in [0.5, 0.6) is 0 Å². The van der Waals surface area contributed by atoms with Gasteiger partial charge in [0.05, 0.1) is 10.6 Å². The molecule has 1 N–H and O–H groups in total. The van der Waals surface area contributed by atoms with Gasteiger partial charge in [0.1, 0.15) is 0 Å². The van der Waals surface area contributed by atoms with Gasteiger partial charge >= 0.3 is 0 Å². The van der Waals surface area contributed by atoms with Crippen molar-refractivity contribution in [2.24, 2.45) is 4.99 Å². The summed E-state index contributed by atoms with van der Waals surface area (Å²) >= 11 is 8.06. The Labute approximate surface area is 200 Å². The number of amides is 1. The van der Waals surface area contributed by atoms with Gasteiger partial charge in [-0.05, 0) is 111 Å². The average Bonchev–Trinajstić information content (AvgIpc) is 3.04. The molecule has 32 heavy (non-hydrogen) atoms. The minimum Gasteiger partial charge on any atom is -0.366 e. The zero-order valence-corrected chi connectivity index (χ0v) is 21.1. The third-order valence-electron chi connectivity index (χ3n) is 6.48. The van der Waals surface area contributed by atoms with Crippen molar-refractivity contribution >= 4 is 51.9 Å². The van der Waals surface area contributed by atoms with Gasteiger partial charge in [0.2, 0.25) is 0 Å². The molecule has 2 aromatic rings. The van der Waals surface area contributed by atoms with Crippen LogP contribution in [0.3, 0.4) is 0 Å². The van der Waals surface area contributed by atoms with Gasteiger partial charge in [-0.3, -0.25) is 4.79 Å². The number of rotatable bonds is 3. The SMILES string of the molecule is CCN1c2cc(Cl)c(/C=C3/SC(=Nc4ccc(C)c(C)c4)NC3=O)cc2C(C)CC1(C)C. The number of carbonyl (C=O) groups excluding carboxylic acids is 1. The van der Waals surface area contributed by atoms with E-state index in [0.29, 0.717) is 21.0 Å². The Morgan fingerprint density at radius 3 is 2.69 bits per heavy atom. The first kappa shape index (κ1) is 22.9. The second-order valence-corrected chi connectivity index (χ2v) is 10.8. The molecule has 4 nitrogen and oxygen atoms in total. The molecular formula is C26H30ClN3OS. The van der Waals surface area contributed by atoms with Crippen LogP contribution < -0.4 is 10.2 Å². The zero-order chi connectivity index (χ0) is 23.2. The van der Waals surface area contributed by atoms with E-state index in [1.165, 1.54) is 34.1 Å². The van der Waals surface area contributed by atoms with Crippen molar-refractivity contribution in [3.8, 4) is 0 Å². The maximum Gasteiger partial charge on any atom is 0.264 e. The van der Waals surface area contributed by atoms with E-state index in [9.17, 15) is 4.79 Å². The smallest absolute Gasteiger partial charge is 0.264 e. The van der Waals surface area contributed by atoms with Crippen molar-refractivity contribution in [2.45, 2.75) is 59.4 Å². The molecule has 0 bridgehead atoms. The van der Waals surface area contributed by atoms with Crippen LogP contribution in [-0.2, 0) is 4.79 Å². The van der Waals surface area contributed by atoms with Gasteiger partial charge < -0.3 is 10.2 Å². The molecule has 2 aliphatic heterocycles. The van der Waals surface area contributed by atoms with E-state index < -0.39 is 0 Å². The molecule has 4 rings (SSSR count). The number of nitrogens with one attached hydrogen (secondary N) is 1. The highest BCUT2D eigenvalue weighted by Crippen LogP contribution is 2.45. The minimum atomic E-state index is -0.143. The van der Waals surface area contributed by atoms with Crippen molar-refractivity contribution in [3.63, 3.8) is 0 Å². The van der Waals surface area contributed by atoms with Crippen LogP contribution in [0.2, 0.25) is 5.02 Å². The van der Waals surface area contributed by atoms with Crippen molar-refractivity contribution in [3.05, 3.63) is 62.5 Å². The predicted molar refractivity (Wildman–Crippen MR) is 138 cm³/mol. The van der Waals surface area contributed by atoms with E-state index in [2.05, 4.69) is 68.9 Å². The van der Waals surface area contributed by atoms with E-state index in [0.717, 1.165) is 24.2 Å². The Hall–Kier alpha value is -2.24. The number of anilines is 1. The van der Waals surface area contributed by atoms with E-state index in [1.807, 2.05) is 24.3 Å². The summed E-state index contributed by atoms with van der Waals surface area (Å²) < 4.78 is 0. The maximum absolute atomic E-state index is 12.6. The van der Waals surface area contributed by atoms with E-state index in [4.69, 9.17) is 11.6 Å². The van der Waals surface area contributed by atoms with E-state index >= 15 is 0 Å². The Balaban J connectivity index is 1.66. The molecule has 0 aliphatic carbocycles. The van der Waals surface area contributed by atoms with E-state index in [1.54, 1.807) is 0 Å². The topological polar surface area (TPSA) is 44.7 Å². The molecule has 0 spiro atoms. The molecule has 2 aromatic carbocycles. The first-order chi connectivity index (χ1) is 15.1. The quantitative estimate of drug-likeness (QED) is 0.496. The number of hydrogen-bond acceptors (Lipinski definition) is 4. The van der Waals surface area contributed by atoms with Gasteiger partial charge in [-0.25, -0.2) is 4.99 Å². The fraction of sp³-hybridized carbons (Fsp3) is 0.385. The van der Waals surface area contributed by atoms with Crippen LogP contribution in [0.1, 0.15) is 62.3 Å². The molecule has 1 fully saturated rings. The fourth-order valence-corrected chi connectivity index (χ4v) is 5.81.